The molecule has 13 heteroatoms. The minimum atomic E-state index is -4.68. The summed E-state index contributed by atoms with van der Waals surface area (Å²) in [6, 6.07) is 3.78. The largest absolute Gasteiger partial charge is 0.463 e. The highest BCUT2D eigenvalue weighted by molar-refractivity contribution is 5.59. The van der Waals surface area contributed by atoms with Crippen molar-refractivity contribution in [2.45, 2.75) is 45.8 Å². The Hall–Kier alpha value is -2.96. The lowest BCUT2D eigenvalue weighted by molar-refractivity contribution is -0.272. The van der Waals surface area contributed by atoms with E-state index in [1.807, 2.05) is 0 Å². The highest BCUT2D eigenvalue weighted by Gasteiger charge is 2.39. The first kappa shape index (κ1) is 22.7. The third-order valence-corrected chi connectivity index (χ3v) is 4.25. The molecule has 0 saturated heterocycles. The van der Waals surface area contributed by atoms with E-state index >= 15 is 0 Å². The van der Waals surface area contributed by atoms with Gasteiger partial charge in [0, 0.05) is 17.7 Å². The zero-order chi connectivity index (χ0) is 23.0. The number of aromatic nitrogens is 5. The maximum atomic E-state index is 14.2. The monoisotopic (exact) mass is 449 g/mol. The maximum Gasteiger partial charge on any atom is 0.425 e. The van der Waals surface area contributed by atoms with E-state index in [-0.39, 0.29) is 22.7 Å². The summed E-state index contributed by atoms with van der Waals surface area (Å²) in [4.78, 5) is 3.58. The van der Waals surface area contributed by atoms with E-state index in [9.17, 15) is 26.3 Å². The maximum absolute atomic E-state index is 14.2. The molecule has 3 heterocycles. The van der Waals surface area contributed by atoms with E-state index in [4.69, 9.17) is 0 Å². The van der Waals surface area contributed by atoms with Crippen LogP contribution in [0.4, 0.5) is 26.3 Å². The minimum absolute atomic E-state index is 0.0236. The second-order valence-corrected chi connectivity index (χ2v) is 6.92. The van der Waals surface area contributed by atoms with Crippen molar-refractivity contribution in [2.75, 3.05) is 0 Å². The summed E-state index contributed by atoms with van der Waals surface area (Å²) in [6.45, 7) is 2.73. The first-order valence-electron chi connectivity index (χ1n) is 9.01. The highest BCUT2D eigenvalue weighted by atomic mass is 19.4. The van der Waals surface area contributed by atoms with Gasteiger partial charge in [-0.15, -0.1) is 10.2 Å². The van der Waals surface area contributed by atoms with Crippen LogP contribution >= 0.6 is 0 Å². The van der Waals surface area contributed by atoms with Crippen LogP contribution in [0.5, 0.6) is 5.88 Å². The molecule has 0 N–H and O–H groups in total. The summed E-state index contributed by atoms with van der Waals surface area (Å²) in [7, 11) is 0. The smallest absolute Gasteiger partial charge is 0.425 e. The Morgan fingerprint density at radius 2 is 1.77 bits per heavy atom. The number of alkyl halides is 5. The van der Waals surface area contributed by atoms with Crippen LogP contribution in [0, 0.1) is 11.7 Å². The van der Waals surface area contributed by atoms with Crippen LogP contribution in [0.25, 0.3) is 16.9 Å². The molecule has 0 amide bonds. The van der Waals surface area contributed by atoms with Crippen LogP contribution in [0.15, 0.2) is 24.4 Å². The molecule has 3 aromatic rings. The molecule has 0 aliphatic carbocycles. The van der Waals surface area contributed by atoms with Crippen molar-refractivity contribution in [1.29, 1.82) is 0 Å². The van der Waals surface area contributed by atoms with Gasteiger partial charge in [-0.25, -0.2) is 9.37 Å². The van der Waals surface area contributed by atoms with Gasteiger partial charge in [0.15, 0.2) is 23.4 Å². The number of pyridine rings is 1. The molecule has 0 unspecified atom stereocenters. The molecule has 0 spiro atoms. The third-order valence-electron chi connectivity index (χ3n) is 4.25. The van der Waals surface area contributed by atoms with Crippen molar-refractivity contribution in [2.24, 2.45) is 5.92 Å². The fourth-order valence-corrected chi connectivity index (χ4v) is 2.29. The molecule has 0 radical (unpaired) electrons. The number of hydrogen-bond donors (Lipinski definition) is 0. The van der Waals surface area contributed by atoms with Gasteiger partial charge in [0.05, 0.1) is 5.69 Å². The third kappa shape index (κ3) is 5.03. The lowest BCUT2D eigenvalue weighted by Crippen LogP contribution is -2.31. The molecule has 0 bridgehead atoms. The summed E-state index contributed by atoms with van der Waals surface area (Å²) < 4.78 is 89.7. The van der Waals surface area contributed by atoms with Crippen LogP contribution < -0.4 is 4.74 Å². The van der Waals surface area contributed by atoms with Crippen LogP contribution in [-0.4, -0.2) is 43.2 Å². The molecule has 31 heavy (non-hydrogen) atoms. The van der Waals surface area contributed by atoms with E-state index in [2.05, 4.69) is 29.8 Å². The number of rotatable bonds is 7. The second kappa shape index (κ2) is 8.29. The molecule has 7 nitrogen and oxygen atoms in total. The highest BCUT2D eigenvalue weighted by Crippen LogP contribution is 2.28. The predicted molar refractivity (Wildman–Crippen MR) is 94.7 cm³/mol. The van der Waals surface area contributed by atoms with Crippen molar-refractivity contribution >= 4 is 5.65 Å². The van der Waals surface area contributed by atoms with Gasteiger partial charge in [-0.3, -0.25) is 0 Å². The molecule has 3 rings (SSSR count). The normalized spacial score (nSPS) is 13.7. The van der Waals surface area contributed by atoms with E-state index in [1.165, 1.54) is 26.0 Å². The fraction of sp³-hybridized carbons (Fsp3) is 0.444. The topological polar surface area (TPSA) is 74.4 Å². The lowest BCUT2D eigenvalue weighted by Gasteiger charge is -2.19. The van der Waals surface area contributed by atoms with Crippen molar-refractivity contribution in [1.82, 2.24) is 24.8 Å². The van der Waals surface area contributed by atoms with Gasteiger partial charge in [0.25, 0.3) is 5.88 Å². The zero-order valence-electron chi connectivity index (χ0n) is 16.5. The van der Waals surface area contributed by atoms with Gasteiger partial charge in [0.1, 0.15) is 6.61 Å². The van der Waals surface area contributed by atoms with Crippen molar-refractivity contribution in [3.63, 3.8) is 0 Å². The fourth-order valence-electron chi connectivity index (χ4n) is 2.29. The van der Waals surface area contributed by atoms with Crippen molar-refractivity contribution in [3.05, 3.63) is 36.0 Å². The molecule has 0 aliphatic rings. The molecule has 0 saturated carbocycles. The van der Waals surface area contributed by atoms with Crippen LogP contribution in [-0.2, 0) is 11.3 Å². The predicted octanol–water partition coefficient (Wildman–Crippen LogP) is 4.42. The Labute approximate surface area is 172 Å². The number of halogens is 6. The van der Waals surface area contributed by atoms with Gasteiger partial charge in [-0.1, -0.05) is 13.8 Å². The molecular weight excluding hydrogens is 432 g/mol. The molecule has 0 fully saturated rings. The molecule has 1 atom stereocenters. The summed E-state index contributed by atoms with van der Waals surface area (Å²) >= 11 is 0. The number of fused-ring (bicyclic) bond motifs is 1. The van der Waals surface area contributed by atoms with Crippen molar-refractivity contribution < 1.29 is 35.8 Å². The Bertz CT molecular complexity index is 1070. The number of nitrogens with zero attached hydrogens (tertiary/aromatic N) is 5. The van der Waals surface area contributed by atoms with E-state index < -0.39 is 42.6 Å². The Kier molecular flexibility index (Phi) is 6.07. The Morgan fingerprint density at radius 3 is 2.39 bits per heavy atom. The van der Waals surface area contributed by atoms with Gasteiger partial charge in [-0.2, -0.15) is 31.6 Å². The summed E-state index contributed by atoms with van der Waals surface area (Å²) in [5.41, 5.74) is 0.480. The van der Waals surface area contributed by atoms with Crippen LogP contribution in [0.3, 0.4) is 0 Å². The van der Waals surface area contributed by atoms with Crippen LogP contribution in [0.1, 0.15) is 26.6 Å². The summed E-state index contributed by atoms with van der Waals surface area (Å²) in [5.74, 6) is -3.03. The molecule has 0 aliphatic heterocycles. The Balaban J connectivity index is 1.85. The zero-order valence-corrected chi connectivity index (χ0v) is 16.5. The van der Waals surface area contributed by atoms with Crippen LogP contribution in [0.2, 0.25) is 0 Å². The standard InChI is InChI=1S/C18H17F6N5O2/c1-9(2)18(23,24)30-8-15-27-26-14-5-4-13(28-29(14)15)11-6-12(19)16(25-7-11)31-10(3)17(20,21)22/h4-7,9-10H,8H2,1-3H3/t10-/m0/s1. The van der Waals surface area contributed by atoms with Gasteiger partial charge in [-0.05, 0) is 25.1 Å². The lowest BCUT2D eigenvalue weighted by atomic mass is 10.2. The molecule has 3 aromatic heterocycles. The average Bonchev–Trinajstić information content (AvgIpc) is 3.09. The Morgan fingerprint density at radius 1 is 1.06 bits per heavy atom. The number of ether oxygens (including phenoxy) is 2. The van der Waals surface area contributed by atoms with Gasteiger partial charge >= 0.3 is 12.3 Å². The molecule has 0 aromatic carbocycles. The van der Waals surface area contributed by atoms with Gasteiger partial charge in [0.2, 0.25) is 0 Å². The minimum Gasteiger partial charge on any atom is -0.463 e. The SMILES string of the molecule is CC(C)C(F)(F)OCc1nnc2ccc(-c3cnc(O[C@@H](C)C(F)(F)F)c(F)c3)nn12. The quantitative estimate of drug-likeness (QED) is 0.497. The summed E-state index contributed by atoms with van der Waals surface area (Å²) in [5, 5.41) is 11.7. The van der Waals surface area contributed by atoms with E-state index in [0.717, 1.165) is 23.7 Å². The first-order chi connectivity index (χ1) is 14.4. The molecular formula is C18H17F6N5O2. The van der Waals surface area contributed by atoms with Gasteiger partial charge < -0.3 is 9.47 Å². The van der Waals surface area contributed by atoms with E-state index in [1.54, 1.807) is 0 Å². The summed E-state index contributed by atoms with van der Waals surface area (Å²) in [6.07, 6.45) is -9.25. The average molecular weight is 449 g/mol. The molecule has 168 valence electrons. The first-order valence-corrected chi connectivity index (χ1v) is 9.01. The van der Waals surface area contributed by atoms with Crippen molar-refractivity contribution in [3.8, 4) is 17.1 Å². The second-order valence-electron chi connectivity index (χ2n) is 6.92. The van der Waals surface area contributed by atoms with E-state index in [0.29, 0.717) is 0 Å². The number of hydrogen-bond acceptors (Lipinski definition) is 6.